The van der Waals surface area contributed by atoms with E-state index in [2.05, 4.69) is 111 Å². The van der Waals surface area contributed by atoms with Gasteiger partial charge in [-0.1, -0.05) is 41.0 Å². The van der Waals surface area contributed by atoms with E-state index in [1.807, 2.05) is 0 Å². The molecule has 152 valence electrons. The fourth-order valence-corrected chi connectivity index (χ4v) is 5.35. The van der Waals surface area contributed by atoms with E-state index in [0.717, 1.165) is 0 Å². The molecule has 0 atom stereocenters. The Morgan fingerprint density at radius 3 is 1.74 bits per heavy atom. The number of aromatic nitrogens is 2. The van der Waals surface area contributed by atoms with Gasteiger partial charge in [-0.25, -0.2) is 0 Å². The number of hydrogen-bond acceptors (Lipinski definition) is 0. The van der Waals surface area contributed by atoms with Crippen LogP contribution in [0.15, 0.2) is 66.7 Å². The van der Waals surface area contributed by atoms with Gasteiger partial charge in [-0.2, -0.15) is 0 Å². The first-order chi connectivity index (χ1) is 14.9. The number of fused-ring (bicyclic) bond motifs is 7. The van der Waals surface area contributed by atoms with Gasteiger partial charge in [0.05, 0.1) is 11.0 Å². The molecule has 0 unspecified atom stereocenters. The zero-order valence-corrected chi connectivity index (χ0v) is 18.7. The van der Waals surface area contributed by atoms with Crippen LogP contribution in [-0.4, -0.2) is 9.13 Å². The molecule has 0 bridgehead atoms. The third kappa shape index (κ3) is 2.45. The topological polar surface area (TPSA) is 9.86 Å². The summed E-state index contributed by atoms with van der Waals surface area (Å²) in [7, 11) is 2.18. The van der Waals surface area contributed by atoms with Crippen molar-refractivity contribution in [3.05, 3.63) is 89.0 Å². The Morgan fingerprint density at radius 2 is 1.03 bits per heavy atom. The first-order valence-corrected chi connectivity index (χ1v) is 10.9. The van der Waals surface area contributed by atoms with Crippen LogP contribution < -0.4 is 0 Å². The number of hydrogen-bond donors (Lipinski definition) is 0. The third-order valence-electron chi connectivity index (χ3n) is 6.80. The number of rotatable bonds is 1. The largest absolute Gasteiger partial charge is 0.344 e. The van der Waals surface area contributed by atoms with Gasteiger partial charge in [0.25, 0.3) is 0 Å². The average Bonchev–Trinajstić information content (AvgIpc) is 3.20. The van der Waals surface area contributed by atoms with Crippen molar-refractivity contribution in [3.63, 3.8) is 0 Å². The van der Waals surface area contributed by atoms with Crippen LogP contribution in [0, 0.1) is 27.7 Å². The second-order valence-electron chi connectivity index (χ2n) is 9.08. The maximum Gasteiger partial charge on any atom is 0.0549 e. The molecule has 0 saturated carbocycles. The minimum absolute atomic E-state index is 1.25. The van der Waals surface area contributed by atoms with Crippen LogP contribution >= 0.6 is 0 Å². The molecule has 0 aliphatic heterocycles. The molecule has 4 aromatic carbocycles. The molecule has 6 aromatic rings. The highest BCUT2D eigenvalue weighted by Gasteiger charge is 2.19. The van der Waals surface area contributed by atoms with Gasteiger partial charge >= 0.3 is 0 Å². The molecule has 2 aromatic heterocycles. The van der Waals surface area contributed by atoms with E-state index in [0.29, 0.717) is 0 Å². The van der Waals surface area contributed by atoms with Crippen LogP contribution in [0.2, 0.25) is 0 Å². The second kappa shape index (κ2) is 6.24. The van der Waals surface area contributed by atoms with E-state index < -0.39 is 0 Å². The van der Waals surface area contributed by atoms with Crippen molar-refractivity contribution in [2.24, 2.45) is 7.05 Å². The van der Waals surface area contributed by atoms with E-state index in [1.165, 1.54) is 71.6 Å². The monoisotopic (exact) mass is 402 g/mol. The summed E-state index contributed by atoms with van der Waals surface area (Å²) in [5.41, 5.74) is 11.6. The summed E-state index contributed by atoms with van der Waals surface area (Å²) < 4.78 is 4.78. The molecule has 0 amide bonds. The van der Waals surface area contributed by atoms with Crippen LogP contribution in [0.3, 0.4) is 0 Å². The summed E-state index contributed by atoms with van der Waals surface area (Å²) >= 11 is 0. The van der Waals surface area contributed by atoms with E-state index in [1.54, 1.807) is 0 Å². The molecular formula is C29H26N2. The predicted molar refractivity (Wildman–Crippen MR) is 134 cm³/mol. The third-order valence-corrected chi connectivity index (χ3v) is 6.80. The molecule has 0 spiro atoms. The van der Waals surface area contributed by atoms with Gasteiger partial charge in [0, 0.05) is 45.3 Å². The van der Waals surface area contributed by atoms with Crippen molar-refractivity contribution < 1.29 is 0 Å². The molecule has 2 nitrogen and oxygen atoms in total. The van der Waals surface area contributed by atoms with Gasteiger partial charge in [0.1, 0.15) is 0 Å². The predicted octanol–water partition coefficient (Wildman–Crippen LogP) is 7.66. The Labute approximate surface area is 182 Å². The molecular weight excluding hydrogens is 376 g/mol. The lowest BCUT2D eigenvalue weighted by molar-refractivity contribution is 1.01. The Bertz CT molecular complexity index is 1670. The summed E-state index contributed by atoms with van der Waals surface area (Å²) in [4.78, 5) is 0. The van der Waals surface area contributed by atoms with Gasteiger partial charge in [-0.05, 0) is 75.7 Å². The zero-order valence-electron chi connectivity index (χ0n) is 18.7. The fourth-order valence-electron chi connectivity index (χ4n) is 5.35. The molecule has 31 heavy (non-hydrogen) atoms. The van der Waals surface area contributed by atoms with Gasteiger partial charge in [0.2, 0.25) is 0 Å². The number of benzene rings is 4. The smallest absolute Gasteiger partial charge is 0.0549 e. The minimum Gasteiger partial charge on any atom is -0.344 e. The summed E-state index contributed by atoms with van der Waals surface area (Å²) in [5.74, 6) is 0. The quantitative estimate of drug-likeness (QED) is 0.267. The molecule has 2 heteroatoms. The molecule has 0 aliphatic rings. The van der Waals surface area contributed by atoms with Gasteiger partial charge < -0.3 is 9.13 Å². The maximum absolute atomic E-state index is 2.45. The van der Waals surface area contributed by atoms with Crippen molar-refractivity contribution in [1.82, 2.24) is 9.13 Å². The number of nitrogens with zero attached hydrogens (tertiary/aromatic N) is 2. The normalized spacial score (nSPS) is 12.0. The molecule has 0 N–H and O–H groups in total. The minimum atomic E-state index is 1.25. The molecule has 0 fully saturated rings. The van der Waals surface area contributed by atoms with Gasteiger partial charge in [-0.15, -0.1) is 0 Å². The Balaban J connectivity index is 1.91. The van der Waals surface area contributed by atoms with E-state index >= 15 is 0 Å². The lowest BCUT2D eigenvalue weighted by Gasteiger charge is -2.12. The Kier molecular flexibility index (Phi) is 3.68. The van der Waals surface area contributed by atoms with Gasteiger partial charge in [-0.3, -0.25) is 0 Å². The van der Waals surface area contributed by atoms with Crippen molar-refractivity contribution >= 4 is 43.6 Å². The van der Waals surface area contributed by atoms with Crippen molar-refractivity contribution in [1.29, 1.82) is 0 Å². The molecule has 6 rings (SSSR count). The molecule has 0 aliphatic carbocycles. The SMILES string of the molecule is Cc1ccc(-n2c3ccc(C)cc3c3c4c5cc(C)ccc5n(C)c4ccc32)c(C)c1. The lowest BCUT2D eigenvalue weighted by atomic mass is 10.0. The van der Waals surface area contributed by atoms with Crippen LogP contribution in [0.1, 0.15) is 22.3 Å². The Hall–Kier alpha value is -3.52. The molecule has 2 heterocycles. The van der Waals surface area contributed by atoms with E-state index in [4.69, 9.17) is 0 Å². The highest BCUT2D eigenvalue weighted by molar-refractivity contribution is 6.28. The lowest BCUT2D eigenvalue weighted by Crippen LogP contribution is -1.97. The summed E-state index contributed by atoms with van der Waals surface area (Å²) in [6.07, 6.45) is 0. The fraction of sp³-hybridized carbons (Fsp3) is 0.172. The second-order valence-corrected chi connectivity index (χ2v) is 9.08. The molecule has 0 saturated heterocycles. The van der Waals surface area contributed by atoms with E-state index in [9.17, 15) is 0 Å². The van der Waals surface area contributed by atoms with Crippen LogP contribution in [0.25, 0.3) is 49.3 Å². The van der Waals surface area contributed by atoms with Crippen LogP contribution in [-0.2, 0) is 7.05 Å². The molecule has 0 radical (unpaired) electrons. The van der Waals surface area contributed by atoms with E-state index in [-0.39, 0.29) is 0 Å². The highest BCUT2D eigenvalue weighted by atomic mass is 15.0. The first kappa shape index (κ1) is 18.3. The maximum atomic E-state index is 2.45. The van der Waals surface area contributed by atoms with Crippen LogP contribution in [0.5, 0.6) is 0 Å². The summed E-state index contributed by atoms with van der Waals surface area (Å²) in [6.45, 7) is 8.75. The van der Waals surface area contributed by atoms with Crippen molar-refractivity contribution in [2.45, 2.75) is 27.7 Å². The van der Waals surface area contributed by atoms with Crippen LogP contribution in [0.4, 0.5) is 0 Å². The summed E-state index contributed by atoms with van der Waals surface area (Å²) in [6, 6.07) is 25.0. The summed E-state index contributed by atoms with van der Waals surface area (Å²) in [5, 5.41) is 5.38. The standard InChI is InChI=1S/C29H26N2/c1-17-6-9-23(20(4)14-17)31-25-11-8-19(3)16-22(25)29-27(31)13-12-26-28(29)21-15-18(2)7-10-24(21)30(26)5/h6-16H,1-5H3. The first-order valence-electron chi connectivity index (χ1n) is 10.9. The highest BCUT2D eigenvalue weighted by Crippen LogP contribution is 2.41. The van der Waals surface area contributed by atoms with Crippen molar-refractivity contribution in [3.8, 4) is 5.69 Å². The Morgan fingerprint density at radius 1 is 0.516 bits per heavy atom. The van der Waals surface area contributed by atoms with Crippen molar-refractivity contribution in [2.75, 3.05) is 0 Å². The zero-order chi connectivity index (χ0) is 21.4. The average molecular weight is 403 g/mol. The number of aryl methyl sites for hydroxylation is 5. The van der Waals surface area contributed by atoms with Gasteiger partial charge in [0.15, 0.2) is 0 Å².